The molecule has 0 radical (unpaired) electrons. The van der Waals surface area contributed by atoms with Crippen LogP contribution in [-0.4, -0.2) is 46.8 Å². The number of rotatable bonds is 4. The minimum absolute atomic E-state index is 0.0951. The number of likely N-dealkylation sites (tertiary alicyclic amines) is 1. The molecule has 4 rings (SSSR count). The molecule has 1 atom stereocenters. The van der Waals surface area contributed by atoms with Crippen molar-refractivity contribution in [1.82, 2.24) is 20.3 Å². The zero-order valence-electron chi connectivity index (χ0n) is 21.1. The van der Waals surface area contributed by atoms with Crippen molar-refractivity contribution >= 4 is 11.9 Å². The van der Waals surface area contributed by atoms with Crippen LogP contribution in [0.1, 0.15) is 70.2 Å². The quantitative estimate of drug-likeness (QED) is 0.643. The second kappa shape index (κ2) is 9.15. The minimum atomic E-state index is -0.466. The Morgan fingerprint density at radius 1 is 1.24 bits per heavy atom. The second-order valence-electron chi connectivity index (χ2n) is 11.0. The molecule has 34 heavy (non-hydrogen) atoms. The fourth-order valence-corrected chi connectivity index (χ4v) is 5.27. The number of hydrogen-bond donors (Lipinski definition) is 2. The molecule has 1 aromatic heterocycles. The lowest BCUT2D eigenvalue weighted by atomic mass is 9.68. The Balaban J connectivity index is 1.54. The monoisotopic (exact) mass is 467 g/mol. The number of anilines is 1. The number of carbonyl (C=O) groups excluding carboxylic acids is 1. The molecule has 1 aliphatic heterocycles. The Bertz CT molecular complexity index is 1050. The lowest BCUT2D eigenvalue weighted by Gasteiger charge is -2.41. The van der Waals surface area contributed by atoms with Crippen LogP contribution in [0, 0.1) is 5.92 Å². The Morgan fingerprint density at radius 2 is 1.94 bits per heavy atom. The van der Waals surface area contributed by atoms with Gasteiger partial charge < -0.3 is 20.2 Å². The lowest BCUT2D eigenvalue weighted by molar-refractivity contribution is 0.0184. The highest BCUT2D eigenvalue weighted by atomic mass is 16.6. The van der Waals surface area contributed by atoms with E-state index in [2.05, 4.69) is 47.5 Å². The normalized spacial score (nSPS) is 19.9. The van der Waals surface area contributed by atoms with E-state index in [4.69, 9.17) is 15.3 Å². The van der Waals surface area contributed by atoms with Gasteiger partial charge in [-0.1, -0.05) is 32.0 Å². The molecular weight excluding hydrogens is 430 g/mol. The summed E-state index contributed by atoms with van der Waals surface area (Å²) < 4.78 is 5.53. The molecule has 2 aliphatic rings. The number of aromatic nitrogens is 2. The molecule has 2 heterocycles. The number of fused-ring (bicyclic) bond motifs is 3. The van der Waals surface area contributed by atoms with Gasteiger partial charge in [0, 0.05) is 29.6 Å². The standard InChI is InChI=1S/C26H37N5O3/c1-25(2,3)34-24(32)31-11-9-16(10-12-31)13-17-7-8-18-19(14-17)22(30-33-6)26(4,5)20-21(18)28-15-29-23(20)27/h7-8,14-16,22,30H,9-13H2,1-6H3,(H2,27,28,29). The average Bonchev–Trinajstić information content (AvgIpc) is 2.75. The number of nitrogens with zero attached hydrogens (tertiary/aromatic N) is 3. The first-order valence-electron chi connectivity index (χ1n) is 12.0. The molecule has 1 unspecified atom stereocenters. The van der Waals surface area contributed by atoms with Crippen LogP contribution >= 0.6 is 0 Å². The summed E-state index contributed by atoms with van der Waals surface area (Å²) in [5.74, 6) is 1.02. The molecule has 0 spiro atoms. The van der Waals surface area contributed by atoms with Gasteiger partial charge in [0.1, 0.15) is 17.7 Å². The maximum Gasteiger partial charge on any atom is 0.410 e. The SMILES string of the molecule is CONC1c2cc(CC3CCN(C(=O)OC(C)(C)C)CC3)ccc2-c2ncnc(N)c2C1(C)C. The van der Waals surface area contributed by atoms with E-state index in [0.29, 0.717) is 11.7 Å². The molecule has 184 valence electrons. The Hall–Kier alpha value is -2.71. The van der Waals surface area contributed by atoms with Crippen LogP contribution in [-0.2, 0) is 21.4 Å². The van der Waals surface area contributed by atoms with Crippen molar-refractivity contribution in [3.63, 3.8) is 0 Å². The van der Waals surface area contributed by atoms with E-state index >= 15 is 0 Å². The number of nitrogens with two attached hydrogens (primary N) is 1. The number of amides is 1. The van der Waals surface area contributed by atoms with Gasteiger partial charge in [0.25, 0.3) is 0 Å². The third-order valence-corrected chi connectivity index (χ3v) is 6.95. The summed E-state index contributed by atoms with van der Waals surface area (Å²) in [6, 6.07) is 6.51. The summed E-state index contributed by atoms with van der Waals surface area (Å²) in [4.78, 5) is 28.5. The fourth-order valence-electron chi connectivity index (χ4n) is 5.27. The molecule has 1 aliphatic carbocycles. The molecule has 0 saturated carbocycles. The number of nitrogen functional groups attached to an aromatic ring is 1. The zero-order valence-corrected chi connectivity index (χ0v) is 21.1. The van der Waals surface area contributed by atoms with Gasteiger partial charge in [0.2, 0.25) is 0 Å². The van der Waals surface area contributed by atoms with Crippen molar-refractivity contribution in [2.45, 2.75) is 70.9 Å². The Kier molecular flexibility index (Phi) is 6.57. The van der Waals surface area contributed by atoms with Crippen LogP contribution in [0.4, 0.5) is 10.6 Å². The van der Waals surface area contributed by atoms with Gasteiger partial charge in [-0.3, -0.25) is 0 Å². The molecule has 2 aromatic rings. The largest absolute Gasteiger partial charge is 0.444 e. The van der Waals surface area contributed by atoms with Crippen LogP contribution in [0.25, 0.3) is 11.3 Å². The molecule has 1 amide bonds. The lowest BCUT2D eigenvalue weighted by Crippen LogP contribution is -2.42. The highest BCUT2D eigenvalue weighted by molar-refractivity contribution is 5.76. The highest BCUT2D eigenvalue weighted by Crippen LogP contribution is 2.50. The third-order valence-electron chi connectivity index (χ3n) is 6.95. The number of piperidine rings is 1. The number of hydroxylamine groups is 1. The van der Waals surface area contributed by atoms with Crippen molar-refractivity contribution in [2.75, 3.05) is 25.9 Å². The van der Waals surface area contributed by atoms with Crippen molar-refractivity contribution in [1.29, 1.82) is 0 Å². The topological polar surface area (TPSA) is 103 Å². The number of benzene rings is 1. The van der Waals surface area contributed by atoms with Crippen LogP contribution in [0.2, 0.25) is 0 Å². The second-order valence-corrected chi connectivity index (χ2v) is 11.0. The molecule has 1 aromatic carbocycles. The zero-order chi connectivity index (χ0) is 24.7. The average molecular weight is 468 g/mol. The van der Waals surface area contributed by atoms with Crippen LogP contribution in [0.3, 0.4) is 0 Å². The summed E-state index contributed by atoms with van der Waals surface area (Å²) >= 11 is 0. The Labute approximate surface area is 202 Å². The van der Waals surface area contributed by atoms with E-state index in [-0.39, 0.29) is 17.6 Å². The maximum absolute atomic E-state index is 12.4. The first-order chi connectivity index (χ1) is 16.0. The van der Waals surface area contributed by atoms with E-state index in [1.807, 2.05) is 25.7 Å². The van der Waals surface area contributed by atoms with Gasteiger partial charge >= 0.3 is 6.09 Å². The Morgan fingerprint density at radius 3 is 2.59 bits per heavy atom. The van der Waals surface area contributed by atoms with Crippen molar-refractivity contribution in [3.8, 4) is 11.3 Å². The highest BCUT2D eigenvalue weighted by Gasteiger charge is 2.43. The van der Waals surface area contributed by atoms with E-state index in [1.54, 1.807) is 7.11 Å². The molecule has 1 fully saturated rings. The molecule has 1 saturated heterocycles. The van der Waals surface area contributed by atoms with Gasteiger partial charge in [0.05, 0.1) is 18.8 Å². The van der Waals surface area contributed by atoms with Gasteiger partial charge in [-0.25, -0.2) is 14.8 Å². The summed E-state index contributed by atoms with van der Waals surface area (Å²) in [5.41, 5.74) is 14.0. The fraction of sp³-hybridized carbons (Fsp3) is 0.577. The molecular formula is C26H37N5O3. The summed E-state index contributed by atoms with van der Waals surface area (Å²) in [6.45, 7) is 11.5. The minimum Gasteiger partial charge on any atom is -0.444 e. The predicted octanol–water partition coefficient (Wildman–Crippen LogP) is 4.40. The van der Waals surface area contributed by atoms with Gasteiger partial charge in [-0.05, 0) is 57.1 Å². The van der Waals surface area contributed by atoms with Crippen LogP contribution in [0.5, 0.6) is 0 Å². The van der Waals surface area contributed by atoms with E-state index in [9.17, 15) is 4.79 Å². The summed E-state index contributed by atoms with van der Waals surface area (Å²) in [7, 11) is 1.64. The maximum atomic E-state index is 12.4. The summed E-state index contributed by atoms with van der Waals surface area (Å²) in [5, 5.41) is 0. The van der Waals surface area contributed by atoms with Gasteiger partial charge in [-0.15, -0.1) is 0 Å². The van der Waals surface area contributed by atoms with Crippen LogP contribution in [0.15, 0.2) is 24.5 Å². The number of carbonyl (C=O) groups is 1. The molecule has 0 bridgehead atoms. The molecule has 8 nitrogen and oxygen atoms in total. The van der Waals surface area contributed by atoms with Crippen molar-refractivity contribution in [3.05, 3.63) is 41.2 Å². The van der Waals surface area contributed by atoms with Gasteiger partial charge in [0.15, 0.2) is 0 Å². The van der Waals surface area contributed by atoms with Gasteiger partial charge in [-0.2, -0.15) is 5.48 Å². The third kappa shape index (κ3) is 4.74. The first-order valence-corrected chi connectivity index (χ1v) is 12.0. The van der Waals surface area contributed by atoms with Crippen molar-refractivity contribution < 1.29 is 14.4 Å². The number of hydrogen-bond acceptors (Lipinski definition) is 7. The summed E-state index contributed by atoms with van der Waals surface area (Å²) in [6.07, 6.45) is 4.22. The van der Waals surface area contributed by atoms with E-state index in [1.165, 1.54) is 11.9 Å². The van der Waals surface area contributed by atoms with E-state index in [0.717, 1.165) is 54.7 Å². The number of nitrogens with one attached hydrogen (secondary N) is 1. The van der Waals surface area contributed by atoms with E-state index < -0.39 is 5.60 Å². The molecule has 3 N–H and O–H groups in total. The predicted molar refractivity (Wildman–Crippen MR) is 132 cm³/mol. The van der Waals surface area contributed by atoms with Crippen molar-refractivity contribution in [2.24, 2.45) is 5.92 Å². The first kappa shape index (κ1) is 24.4. The van der Waals surface area contributed by atoms with Crippen LogP contribution < -0.4 is 11.2 Å². The smallest absolute Gasteiger partial charge is 0.410 e. The number of ether oxygens (including phenoxy) is 1. The molecule has 8 heteroatoms.